The highest BCUT2D eigenvalue weighted by molar-refractivity contribution is 14.1. The zero-order chi connectivity index (χ0) is 12.8. The average Bonchev–Trinajstić information content (AvgIpc) is 2.47. The van der Waals surface area contributed by atoms with E-state index in [-0.39, 0.29) is 0 Å². The first kappa shape index (κ1) is 11.0. The van der Waals surface area contributed by atoms with E-state index in [9.17, 15) is 0 Å². The highest BCUT2D eigenvalue weighted by atomic mass is 127. The molecule has 4 rings (SSSR count). The van der Waals surface area contributed by atoms with Crippen LogP contribution in [0.3, 0.4) is 0 Å². The normalized spacial score (nSPS) is 11.4. The number of pyridine rings is 1. The fraction of sp³-hybridized carbons (Fsp3) is 0. The molecule has 0 aliphatic rings. The van der Waals surface area contributed by atoms with Crippen molar-refractivity contribution in [2.24, 2.45) is 0 Å². The Morgan fingerprint density at radius 1 is 0.737 bits per heavy atom. The Labute approximate surface area is 122 Å². The predicted octanol–water partition coefficient (Wildman–Crippen LogP) is 3.94. The summed E-state index contributed by atoms with van der Waals surface area (Å²) in [6.45, 7) is 0. The smallest absolute Gasteiger partial charge is 0.117 e. The monoisotopic (exact) mass is 357 g/mol. The van der Waals surface area contributed by atoms with Crippen LogP contribution in [0.2, 0.25) is 0 Å². The van der Waals surface area contributed by atoms with Gasteiger partial charge in [0.2, 0.25) is 0 Å². The van der Waals surface area contributed by atoms with Gasteiger partial charge in [-0.1, -0.05) is 30.3 Å². The molecule has 0 N–H and O–H groups in total. The Morgan fingerprint density at radius 3 is 2.47 bits per heavy atom. The number of nitrogens with zero attached hydrogens (tertiary/aromatic N) is 3. The first-order chi connectivity index (χ1) is 9.34. The van der Waals surface area contributed by atoms with Crippen LogP contribution in [0, 0.1) is 3.70 Å². The second-order valence-corrected chi connectivity index (χ2v) is 5.39. The van der Waals surface area contributed by atoms with Crippen LogP contribution in [0.5, 0.6) is 0 Å². The van der Waals surface area contributed by atoms with Crippen molar-refractivity contribution in [1.82, 2.24) is 15.0 Å². The molecule has 4 aromatic rings. The summed E-state index contributed by atoms with van der Waals surface area (Å²) in [5, 5.41) is 4.56. The molecule has 2 aromatic carbocycles. The van der Waals surface area contributed by atoms with Crippen molar-refractivity contribution in [3.63, 3.8) is 0 Å². The lowest BCUT2D eigenvalue weighted by Gasteiger charge is -2.06. The summed E-state index contributed by atoms with van der Waals surface area (Å²) in [7, 11) is 0. The molecule has 0 unspecified atom stereocenters. The highest BCUT2D eigenvalue weighted by Gasteiger charge is 2.08. The molecular formula is C15H8IN3. The molecule has 0 fully saturated rings. The van der Waals surface area contributed by atoms with Gasteiger partial charge in [-0.3, -0.25) is 4.98 Å². The molecule has 0 aliphatic carbocycles. The topological polar surface area (TPSA) is 38.7 Å². The van der Waals surface area contributed by atoms with Gasteiger partial charge in [-0.25, -0.2) is 9.97 Å². The van der Waals surface area contributed by atoms with Crippen LogP contribution in [-0.4, -0.2) is 15.0 Å². The molecule has 0 atom stereocenters. The minimum absolute atomic E-state index is 0.919. The first-order valence-corrected chi connectivity index (χ1v) is 6.99. The minimum atomic E-state index is 0.919. The van der Waals surface area contributed by atoms with Crippen molar-refractivity contribution in [1.29, 1.82) is 0 Å². The molecule has 0 bridgehead atoms. The number of halogens is 1. The summed E-state index contributed by atoms with van der Waals surface area (Å²) in [6.07, 6.45) is 3.51. The number of hydrogen-bond donors (Lipinski definition) is 0. The van der Waals surface area contributed by atoms with Crippen LogP contribution >= 0.6 is 22.6 Å². The molecule has 90 valence electrons. The van der Waals surface area contributed by atoms with E-state index >= 15 is 0 Å². The summed E-state index contributed by atoms with van der Waals surface area (Å²) in [6, 6.07) is 12.5. The molecule has 0 amide bonds. The van der Waals surface area contributed by atoms with Crippen molar-refractivity contribution >= 4 is 55.2 Å². The summed E-state index contributed by atoms with van der Waals surface area (Å²) >= 11 is 2.23. The number of aromatic nitrogens is 3. The Kier molecular flexibility index (Phi) is 2.38. The van der Waals surface area contributed by atoms with Crippen molar-refractivity contribution in [3.05, 3.63) is 52.6 Å². The van der Waals surface area contributed by atoms with Crippen molar-refractivity contribution in [2.75, 3.05) is 0 Å². The van der Waals surface area contributed by atoms with Gasteiger partial charge in [-0.2, -0.15) is 0 Å². The van der Waals surface area contributed by atoms with Gasteiger partial charge >= 0.3 is 0 Å². The summed E-state index contributed by atoms with van der Waals surface area (Å²) in [5.41, 5.74) is 1.86. The molecule has 0 aliphatic heterocycles. The third-order valence-corrected chi connectivity index (χ3v) is 4.17. The van der Waals surface area contributed by atoms with Gasteiger partial charge in [0.25, 0.3) is 0 Å². The lowest BCUT2D eigenvalue weighted by atomic mass is 10.1. The Balaban J connectivity index is 2.29. The number of rotatable bonds is 0. The second kappa shape index (κ2) is 4.09. The quantitative estimate of drug-likeness (QED) is 0.272. The van der Waals surface area contributed by atoms with E-state index in [4.69, 9.17) is 0 Å². The lowest BCUT2D eigenvalue weighted by Crippen LogP contribution is -1.90. The van der Waals surface area contributed by atoms with Crippen molar-refractivity contribution in [2.45, 2.75) is 0 Å². The number of benzene rings is 2. The molecule has 19 heavy (non-hydrogen) atoms. The van der Waals surface area contributed by atoms with Crippen LogP contribution in [0.25, 0.3) is 32.6 Å². The largest absolute Gasteiger partial charge is 0.253 e. The predicted molar refractivity (Wildman–Crippen MR) is 85.1 cm³/mol. The summed E-state index contributed by atoms with van der Waals surface area (Å²) in [4.78, 5) is 13.2. The summed E-state index contributed by atoms with van der Waals surface area (Å²) in [5.74, 6) is 0. The molecule has 2 aromatic heterocycles. The third-order valence-electron chi connectivity index (χ3n) is 3.32. The van der Waals surface area contributed by atoms with Gasteiger partial charge in [0.1, 0.15) is 15.5 Å². The minimum Gasteiger partial charge on any atom is -0.253 e. The maximum atomic E-state index is 4.58. The maximum absolute atomic E-state index is 4.58. The number of hydrogen-bond acceptors (Lipinski definition) is 3. The van der Waals surface area contributed by atoms with E-state index in [1.807, 2.05) is 12.3 Å². The van der Waals surface area contributed by atoms with Gasteiger partial charge in [0.05, 0.1) is 5.52 Å². The van der Waals surface area contributed by atoms with E-state index in [0.29, 0.717) is 0 Å². The molecule has 0 saturated heterocycles. The van der Waals surface area contributed by atoms with E-state index in [1.165, 1.54) is 5.39 Å². The number of fused-ring (bicyclic) bond motifs is 5. The van der Waals surface area contributed by atoms with E-state index in [0.717, 1.165) is 30.9 Å². The van der Waals surface area contributed by atoms with Crippen LogP contribution < -0.4 is 0 Å². The van der Waals surface area contributed by atoms with E-state index in [1.54, 1.807) is 6.33 Å². The molecule has 4 heteroatoms. The first-order valence-electron chi connectivity index (χ1n) is 5.91. The van der Waals surface area contributed by atoms with Gasteiger partial charge in [0.15, 0.2) is 0 Å². The molecule has 0 radical (unpaired) electrons. The third kappa shape index (κ3) is 1.59. The fourth-order valence-electron chi connectivity index (χ4n) is 2.42. The second-order valence-electron chi connectivity index (χ2n) is 4.37. The fourth-order valence-corrected chi connectivity index (χ4v) is 2.98. The maximum Gasteiger partial charge on any atom is 0.117 e. The van der Waals surface area contributed by atoms with E-state index < -0.39 is 0 Å². The standard InChI is InChI=1S/C15H8IN3/c16-15-12-6-5-11-10-4-2-1-3-9(10)7-17-13(11)14(12)18-8-19-15/h1-8H. The molecule has 0 saturated carbocycles. The van der Waals surface area contributed by atoms with Crippen LogP contribution in [0.1, 0.15) is 0 Å². The molecule has 0 spiro atoms. The lowest BCUT2D eigenvalue weighted by molar-refractivity contribution is 1.19. The van der Waals surface area contributed by atoms with Crippen molar-refractivity contribution in [3.8, 4) is 0 Å². The highest BCUT2D eigenvalue weighted by Crippen LogP contribution is 2.29. The Morgan fingerprint density at radius 2 is 1.53 bits per heavy atom. The van der Waals surface area contributed by atoms with Gasteiger partial charge < -0.3 is 0 Å². The van der Waals surface area contributed by atoms with Gasteiger partial charge in [-0.05, 0) is 34.0 Å². The van der Waals surface area contributed by atoms with Crippen LogP contribution in [-0.2, 0) is 0 Å². The zero-order valence-corrected chi connectivity index (χ0v) is 12.0. The van der Waals surface area contributed by atoms with Gasteiger partial charge in [-0.15, -0.1) is 0 Å². The zero-order valence-electron chi connectivity index (χ0n) is 9.84. The Hall–Kier alpha value is -1.82. The Bertz CT molecular complexity index is 934. The summed E-state index contributed by atoms with van der Waals surface area (Å²) < 4.78 is 0.958. The SMILES string of the molecule is Ic1ncnc2c1ccc1c3ccccc3cnc12. The average molecular weight is 357 g/mol. The van der Waals surface area contributed by atoms with Crippen LogP contribution in [0.15, 0.2) is 48.9 Å². The van der Waals surface area contributed by atoms with Crippen LogP contribution in [0.4, 0.5) is 0 Å². The molecule has 2 heterocycles. The van der Waals surface area contributed by atoms with Gasteiger partial charge in [0, 0.05) is 22.4 Å². The molecular weight excluding hydrogens is 349 g/mol. The molecule has 3 nitrogen and oxygen atoms in total. The van der Waals surface area contributed by atoms with Crippen molar-refractivity contribution < 1.29 is 0 Å². The van der Waals surface area contributed by atoms with E-state index in [2.05, 4.69) is 67.9 Å².